The summed E-state index contributed by atoms with van der Waals surface area (Å²) in [6.07, 6.45) is 13.2. The molecule has 1 N–H and O–H groups in total. The third kappa shape index (κ3) is 2.63. The van der Waals surface area contributed by atoms with Crippen molar-refractivity contribution in [3.63, 3.8) is 0 Å². The van der Waals surface area contributed by atoms with Crippen LogP contribution in [-0.2, 0) is 0 Å². The van der Waals surface area contributed by atoms with E-state index >= 15 is 0 Å². The van der Waals surface area contributed by atoms with Crippen molar-refractivity contribution in [2.45, 2.75) is 70.3 Å². The SMILES string of the molecule is CC1CCC(O)(C2=CCCCCCC2)C1. The number of aliphatic hydroxyl groups is 1. The number of hydrogen-bond donors (Lipinski definition) is 1. The van der Waals surface area contributed by atoms with Crippen molar-refractivity contribution in [3.8, 4) is 0 Å². The summed E-state index contributed by atoms with van der Waals surface area (Å²) in [5.74, 6) is 0.710. The summed E-state index contributed by atoms with van der Waals surface area (Å²) < 4.78 is 0. The minimum absolute atomic E-state index is 0.420. The number of allylic oxidation sites excluding steroid dienone is 1. The first-order valence-corrected chi connectivity index (χ1v) is 6.63. The molecule has 0 saturated heterocycles. The smallest absolute Gasteiger partial charge is 0.0859 e. The Labute approximate surface area is 93.6 Å². The Hall–Kier alpha value is -0.300. The summed E-state index contributed by atoms with van der Waals surface area (Å²) in [7, 11) is 0. The maximum Gasteiger partial charge on any atom is 0.0859 e. The van der Waals surface area contributed by atoms with E-state index in [-0.39, 0.29) is 0 Å². The van der Waals surface area contributed by atoms with Crippen molar-refractivity contribution in [2.24, 2.45) is 5.92 Å². The van der Waals surface area contributed by atoms with Gasteiger partial charge in [-0.15, -0.1) is 0 Å². The van der Waals surface area contributed by atoms with E-state index in [1.54, 1.807) is 0 Å². The van der Waals surface area contributed by atoms with Crippen LogP contribution in [0.15, 0.2) is 11.6 Å². The average Bonchev–Trinajstić information content (AvgIpc) is 2.46. The van der Waals surface area contributed by atoms with Gasteiger partial charge in [-0.2, -0.15) is 0 Å². The fourth-order valence-corrected chi connectivity index (χ4v) is 3.17. The van der Waals surface area contributed by atoms with Crippen LogP contribution in [0.25, 0.3) is 0 Å². The molecule has 2 rings (SSSR count). The zero-order valence-corrected chi connectivity index (χ0v) is 9.97. The van der Waals surface area contributed by atoms with E-state index in [1.807, 2.05) is 0 Å². The van der Waals surface area contributed by atoms with Gasteiger partial charge in [-0.25, -0.2) is 0 Å². The van der Waals surface area contributed by atoms with Crippen LogP contribution in [0, 0.1) is 5.92 Å². The van der Waals surface area contributed by atoms with Crippen LogP contribution in [0.1, 0.15) is 64.7 Å². The van der Waals surface area contributed by atoms with Gasteiger partial charge in [0.1, 0.15) is 0 Å². The van der Waals surface area contributed by atoms with Crippen molar-refractivity contribution in [1.29, 1.82) is 0 Å². The molecule has 0 bridgehead atoms. The predicted molar refractivity (Wildman–Crippen MR) is 63.7 cm³/mol. The molecule has 0 radical (unpaired) electrons. The van der Waals surface area contributed by atoms with Crippen LogP contribution in [-0.4, -0.2) is 10.7 Å². The molecule has 1 nitrogen and oxygen atoms in total. The van der Waals surface area contributed by atoms with E-state index < -0.39 is 5.60 Å². The quantitative estimate of drug-likeness (QED) is 0.649. The fourth-order valence-electron chi connectivity index (χ4n) is 3.17. The van der Waals surface area contributed by atoms with E-state index in [4.69, 9.17) is 0 Å². The van der Waals surface area contributed by atoms with Crippen LogP contribution in [0.4, 0.5) is 0 Å². The van der Waals surface area contributed by atoms with E-state index in [9.17, 15) is 5.11 Å². The van der Waals surface area contributed by atoms with Gasteiger partial charge in [-0.05, 0) is 56.4 Å². The van der Waals surface area contributed by atoms with E-state index in [1.165, 1.54) is 44.1 Å². The summed E-state index contributed by atoms with van der Waals surface area (Å²) >= 11 is 0. The predicted octanol–water partition coefficient (Wildman–Crippen LogP) is 3.82. The molecule has 1 fully saturated rings. The largest absolute Gasteiger partial charge is 0.386 e. The Morgan fingerprint density at radius 3 is 2.80 bits per heavy atom. The van der Waals surface area contributed by atoms with Gasteiger partial charge in [0.15, 0.2) is 0 Å². The van der Waals surface area contributed by atoms with Gasteiger partial charge in [0, 0.05) is 0 Å². The molecule has 15 heavy (non-hydrogen) atoms. The second-order valence-electron chi connectivity index (χ2n) is 5.56. The molecular weight excluding hydrogens is 184 g/mol. The lowest BCUT2D eigenvalue weighted by atomic mass is 9.85. The maximum atomic E-state index is 10.6. The first-order valence-electron chi connectivity index (χ1n) is 6.63. The molecule has 2 aliphatic rings. The number of rotatable bonds is 1. The molecular formula is C14H24O. The van der Waals surface area contributed by atoms with E-state index in [2.05, 4.69) is 13.0 Å². The van der Waals surface area contributed by atoms with Crippen LogP contribution in [0.5, 0.6) is 0 Å². The minimum atomic E-state index is -0.420. The highest BCUT2D eigenvalue weighted by molar-refractivity contribution is 5.19. The minimum Gasteiger partial charge on any atom is -0.386 e. The van der Waals surface area contributed by atoms with Crippen molar-refractivity contribution in [1.82, 2.24) is 0 Å². The van der Waals surface area contributed by atoms with Gasteiger partial charge in [-0.3, -0.25) is 0 Å². The molecule has 1 saturated carbocycles. The fraction of sp³-hybridized carbons (Fsp3) is 0.857. The van der Waals surface area contributed by atoms with Gasteiger partial charge in [-0.1, -0.05) is 25.8 Å². The van der Waals surface area contributed by atoms with E-state index in [0.717, 1.165) is 19.3 Å². The molecule has 0 aromatic rings. The third-order valence-corrected chi connectivity index (χ3v) is 4.13. The van der Waals surface area contributed by atoms with Gasteiger partial charge in [0.2, 0.25) is 0 Å². The summed E-state index contributed by atoms with van der Waals surface area (Å²) in [6, 6.07) is 0. The summed E-state index contributed by atoms with van der Waals surface area (Å²) in [5.41, 5.74) is 0.947. The monoisotopic (exact) mass is 208 g/mol. The number of hydrogen-bond acceptors (Lipinski definition) is 1. The van der Waals surface area contributed by atoms with Crippen molar-refractivity contribution in [2.75, 3.05) is 0 Å². The molecule has 0 amide bonds. The summed E-state index contributed by atoms with van der Waals surface area (Å²) in [6.45, 7) is 2.27. The topological polar surface area (TPSA) is 20.2 Å². The molecule has 2 unspecified atom stereocenters. The summed E-state index contributed by atoms with van der Waals surface area (Å²) in [4.78, 5) is 0. The highest BCUT2D eigenvalue weighted by Gasteiger charge is 2.37. The van der Waals surface area contributed by atoms with Gasteiger partial charge < -0.3 is 5.11 Å². The van der Waals surface area contributed by atoms with Gasteiger partial charge >= 0.3 is 0 Å². The van der Waals surface area contributed by atoms with Crippen LogP contribution in [0.3, 0.4) is 0 Å². The molecule has 2 aliphatic carbocycles. The van der Waals surface area contributed by atoms with Crippen molar-refractivity contribution in [3.05, 3.63) is 11.6 Å². The second-order valence-corrected chi connectivity index (χ2v) is 5.56. The van der Waals surface area contributed by atoms with Crippen LogP contribution >= 0.6 is 0 Å². The molecule has 1 heteroatoms. The van der Waals surface area contributed by atoms with Crippen LogP contribution in [0.2, 0.25) is 0 Å². The highest BCUT2D eigenvalue weighted by atomic mass is 16.3. The molecule has 86 valence electrons. The summed E-state index contributed by atoms with van der Waals surface area (Å²) in [5, 5.41) is 10.6. The van der Waals surface area contributed by atoms with E-state index in [0.29, 0.717) is 5.92 Å². The maximum absolute atomic E-state index is 10.6. The lowest BCUT2D eigenvalue weighted by Gasteiger charge is -2.27. The van der Waals surface area contributed by atoms with Gasteiger partial charge in [0.25, 0.3) is 0 Å². The normalized spacial score (nSPS) is 38.3. The highest BCUT2D eigenvalue weighted by Crippen LogP contribution is 2.41. The Balaban J connectivity index is 2.06. The van der Waals surface area contributed by atoms with Crippen LogP contribution < -0.4 is 0 Å². The lowest BCUT2D eigenvalue weighted by Crippen LogP contribution is -2.28. The molecule has 0 aromatic carbocycles. The average molecular weight is 208 g/mol. The lowest BCUT2D eigenvalue weighted by molar-refractivity contribution is 0.0776. The molecule has 0 aliphatic heterocycles. The third-order valence-electron chi connectivity index (χ3n) is 4.13. The molecule has 0 aromatic heterocycles. The first kappa shape index (κ1) is 11.2. The molecule has 0 heterocycles. The Kier molecular flexibility index (Phi) is 3.50. The Morgan fingerprint density at radius 2 is 2.07 bits per heavy atom. The van der Waals surface area contributed by atoms with Gasteiger partial charge in [0.05, 0.1) is 5.60 Å². The van der Waals surface area contributed by atoms with Crippen molar-refractivity contribution < 1.29 is 5.11 Å². The zero-order valence-electron chi connectivity index (χ0n) is 9.97. The Morgan fingerprint density at radius 1 is 1.27 bits per heavy atom. The zero-order chi connectivity index (χ0) is 10.7. The molecule has 0 spiro atoms. The molecule has 2 atom stereocenters. The second kappa shape index (κ2) is 4.69. The standard InChI is InChI=1S/C14H24O/c1-12-9-10-14(15,11-12)13-7-5-3-2-4-6-8-13/h7,12,15H,2-6,8-11H2,1H3. The first-order chi connectivity index (χ1) is 7.21. The van der Waals surface area contributed by atoms with Crippen molar-refractivity contribution >= 4 is 0 Å². The Bertz CT molecular complexity index is 244.